The third kappa shape index (κ3) is 4.17. The van der Waals surface area contributed by atoms with Crippen molar-refractivity contribution < 1.29 is 4.74 Å². The molecule has 3 heteroatoms. The van der Waals surface area contributed by atoms with E-state index in [0.717, 1.165) is 28.6 Å². The number of hydrogen-bond acceptors (Lipinski definition) is 2. The van der Waals surface area contributed by atoms with Crippen LogP contribution in [0.25, 0.3) is 0 Å². The molecule has 0 spiro atoms. The number of halogens is 1. The second-order valence-corrected chi connectivity index (χ2v) is 5.54. The van der Waals surface area contributed by atoms with Crippen LogP contribution in [-0.2, 0) is 6.54 Å². The molecule has 0 amide bonds. The van der Waals surface area contributed by atoms with Crippen LogP contribution in [0.15, 0.2) is 42.5 Å². The molecular formula is C17H20ClNO. The molecule has 0 aliphatic carbocycles. The van der Waals surface area contributed by atoms with Gasteiger partial charge in [-0.2, -0.15) is 0 Å². The first-order chi connectivity index (χ1) is 9.54. The summed E-state index contributed by atoms with van der Waals surface area (Å²) >= 11 is 6.12. The fourth-order valence-corrected chi connectivity index (χ4v) is 2.08. The number of benzene rings is 2. The SMILES string of the molecule is Cc1ccc(CNc2ccc(OC(C)C)cc2)cc1Cl. The van der Waals surface area contributed by atoms with Crippen LogP contribution in [-0.4, -0.2) is 6.10 Å². The minimum Gasteiger partial charge on any atom is -0.491 e. The Morgan fingerprint density at radius 1 is 1.10 bits per heavy atom. The van der Waals surface area contributed by atoms with Gasteiger partial charge in [-0.25, -0.2) is 0 Å². The maximum Gasteiger partial charge on any atom is 0.119 e. The fraction of sp³-hybridized carbons (Fsp3) is 0.294. The van der Waals surface area contributed by atoms with Crippen molar-refractivity contribution in [2.75, 3.05) is 5.32 Å². The highest BCUT2D eigenvalue weighted by molar-refractivity contribution is 6.31. The lowest BCUT2D eigenvalue weighted by molar-refractivity contribution is 0.242. The summed E-state index contributed by atoms with van der Waals surface area (Å²) in [6, 6.07) is 14.1. The highest BCUT2D eigenvalue weighted by Gasteiger charge is 2.00. The molecule has 0 aliphatic rings. The fourth-order valence-electron chi connectivity index (χ4n) is 1.87. The first-order valence-corrected chi connectivity index (χ1v) is 7.18. The zero-order valence-corrected chi connectivity index (χ0v) is 12.9. The van der Waals surface area contributed by atoms with Gasteiger partial charge in [0.2, 0.25) is 0 Å². The van der Waals surface area contributed by atoms with Gasteiger partial charge < -0.3 is 10.1 Å². The van der Waals surface area contributed by atoms with Gasteiger partial charge in [-0.15, -0.1) is 0 Å². The van der Waals surface area contributed by atoms with Crippen LogP contribution in [0, 0.1) is 6.92 Å². The van der Waals surface area contributed by atoms with Crippen molar-refractivity contribution in [3.05, 3.63) is 58.6 Å². The summed E-state index contributed by atoms with van der Waals surface area (Å²) in [5, 5.41) is 4.18. The smallest absolute Gasteiger partial charge is 0.119 e. The lowest BCUT2D eigenvalue weighted by atomic mass is 10.1. The third-order valence-electron chi connectivity index (χ3n) is 2.96. The summed E-state index contributed by atoms with van der Waals surface area (Å²) in [6.07, 6.45) is 0.198. The quantitative estimate of drug-likeness (QED) is 0.832. The van der Waals surface area contributed by atoms with Crippen LogP contribution in [0.5, 0.6) is 5.75 Å². The van der Waals surface area contributed by atoms with Gasteiger partial charge in [0.05, 0.1) is 6.10 Å². The predicted octanol–water partition coefficient (Wildman–Crippen LogP) is 5.05. The van der Waals surface area contributed by atoms with Crippen LogP contribution >= 0.6 is 11.6 Å². The molecule has 0 heterocycles. The van der Waals surface area contributed by atoms with Crippen molar-refractivity contribution in [3.8, 4) is 5.75 Å². The molecule has 1 N–H and O–H groups in total. The summed E-state index contributed by atoms with van der Waals surface area (Å²) in [7, 11) is 0. The lowest BCUT2D eigenvalue weighted by Gasteiger charge is -2.11. The Morgan fingerprint density at radius 3 is 2.40 bits per heavy atom. The van der Waals surface area contributed by atoms with Gasteiger partial charge >= 0.3 is 0 Å². The van der Waals surface area contributed by atoms with E-state index in [-0.39, 0.29) is 6.10 Å². The average molecular weight is 290 g/mol. The largest absolute Gasteiger partial charge is 0.491 e. The van der Waals surface area contributed by atoms with E-state index < -0.39 is 0 Å². The van der Waals surface area contributed by atoms with Crippen LogP contribution in [0.1, 0.15) is 25.0 Å². The highest BCUT2D eigenvalue weighted by atomic mass is 35.5. The van der Waals surface area contributed by atoms with E-state index in [4.69, 9.17) is 16.3 Å². The second-order valence-electron chi connectivity index (χ2n) is 5.13. The molecule has 0 aromatic heterocycles. The molecule has 2 nitrogen and oxygen atoms in total. The van der Waals surface area contributed by atoms with Crippen molar-refractivity contribution in [3.63, 3.8) is 0 Å². The zero-order chi connectivity index (χ0) is 14.5. The summed E-state index contributed by atoms with van der Waals surface area (Å²) < 4.78 is 5.62. The van der Waals surface area contributed by atoms with Gasteiger partial charge in [-0.3, -0.25) is 0 Å². The summed E-state index contributed by atoms with van der Waals surface area (Å²) in [6.45, 7) is 6.80. The molecule has 0 radical (unpaired) electrons. The number of anilines is 1. The van der Waals surface area contributed by atoms with E-state index in [2.05, 4.69) is 11.4 Å². The molecule has 0 saturated carbocycles. The molecule has 2 aromatic rings. The molecule has 20 heavy (non-hydrogen) atoms. The summed E-state index contributed by atoms with van der Waals surface area (Å²) in [5.74, 6) is 0.893. The maximum atomic E-state index is 6.12. The summed E-state index contributed by atoms with van der Waals surface area (Å²) in [5.41, 5.74) is 3.34. The van der Waals surface area contributed by atoms with Gasteiger partial charge in [0.25, 0.3) is 0 Å². The van der Waals surface area contributed by atoms with E-state index in [9.17, 15) is 0 Å². The van der Waals surface area contributed by atoms with E-state index in [1.54, 1.807) is 0 Å². The molecule has 0 atom stereocenters. The van der Waals surface area contributed by atoms with Gasteiger partial charge in [0, 0.05) is 17.3 Å². The van der Waals surface area contributed by atoms with Crippen LogP contribution in [0.3, 0.4) is 0 Å². The Morgan fingerprint density at radius 2 is 1.80 bits per heavy atom. The number of ether oxygens (including phenoxy) is 1. The van der Waals surface area contributed by atoms with Crippen molar-refractivity contribution in [2.24, 2.45) is 0 Å². The number of rotatable bonds is 5. The van der Waals surface area contributed by atoms with Crippen molar-refractivity contribution in [1.29, 1.82) is 0 Å². The Hall–Kier alpha value is -1.67. The summed E-state index contributed by atoms with van der Waals surface area (Å²) in [4.78, 5) is 0. The second kappa shape index (κ2) is 6.67. The van der Waals surface area contributed by atoms with Crippen LogP contribution in [0.2, 0.25) is 5.02 Å². The van der Waals surface area contributed by atoms with Crippen LogP contribution in [0.4, 0.5) is 5.69 Å². The van der Waals surface area contributed by atoms with Crippen LogP contribution < -0.4 is 10.1 Å². The highest BCUT2D eigenvalue weighted by Crippen LogP contribution is 2.19. The number of nitrogens with one attached hydrogen (secondary N) is 1. The maximum absolute atomic E-state index is 6.12. The Bertz CT molecular complexity index is 564. The average Bonchev–Trinajstić information content (AvgIpc) is 2.41. The third-order valence-corrected chi connectivity index (χ3v) is 3.37. The van der Waals surface area contributed by atoms with E-state index >= 15 is 0 Å². The minimum atomic E-state index is 0.198. The first kappa shape index (κ1) is 14.7. The molecule has 2 aromatic carbocycles. The lowest BCUT2D eigenvalue weighted by Crippen LogP contribution is -2.05. The normalized spacial score (nSPS) is 10.7. The van der Waals surface area contributed by atoms with Crippen molar-refractivity contribution in [2.45, 2.75) is 33.4 Å². The Balaban J connectivity index is 1.95. The Labute approximate surface area is 125 Å². The molecular weight excluding hydrogens is 270 g/mol. The van der Waals surface area contributed by atoms with Gasteiger partial charge in [-0.05, 0) is 62.2 Å². The first-order valence-electron chi connectivity index (χ1n) is 6.80. The molecule has 106 valence electrons. The topological polar surface area (TPSA) is 21.3 Å². The van der Waals surface area contributed by atoms with Crippen molar-refractivity contribution >= 4 is 17.3 Å². The monoisotopic (exact) mass is 289 g/mol. The molecule has 0 aliphatic heterocycles. The van der Waals surface area contributed by atoms with E-state index in [0.29, 0.717) is 0 Å². The van der Waals surface area contributed by atoms with Crippen molar-refractivity contribution in [1.82, 2.24) is 0 Å². The number of aryl methyl sites for hydroxylation is 1. The van der Waals surface area contributed by atoms with Gasteiger partial charge in [0.1, 0.15) is 5.75 Å². The molecule has 0 saturated heterocycles. The molecule has 0 unspecified atom stereocenters. The van der Waals surface area contributed by atoms with Gasteiger partial charge in [-0.1, -0.05) is 23.7 Å². The van der Waals surface area contributed by atoms with E-state index in [1.807, 2.05) is 57.2 Å². The standard InChI is InChI=1S/C17H20ClNO/c1-12(2)20-16-8-6-15(7-9-16)19-11-14-5-4-13(3)17(18)10-14/h4-10,12,19H,11H2,1-3H3. The predicted molar refractivity (Wildman–Crippen MR) is 85.7 cm³/mol. The van der Waals surface area contributed by atoms with E-state index in [1.165, 1.54) is 5.56 Å². The Kier molecular flexibility index (Phi) is 4.91. The molecule has 2 rings (SSSR count). The molecule has 0 bridgehead atoms. The molecule has 0 fully saturated rings. The zero-order valence-electron chi connectivity index (χ0n) is 12.1. The minimum absolute atomic E-state index is 0.198. The van der Waals surface area contributed by atoms with Gasteiger partial charge in [0.15, 0.2) is 0 Å². The number of hydrogen-bond donors (Lipinski definition) is 1.